The van der Waals surface area contributed by atoms with Crippen molar-refractivity contribution in [2.75, 3.05) is 32.7 Å². The molecule has 2 rings (SSSR count). The second kappa shape index (κ2) is 7.59. The lowest BCUT2D eigenvalue weighted by atomic mass is 10.1. The van der Waals surface area contributed by atoms with Gasteiger partial charge in [-0.15, -0.1) is 0 Å². The van der Waals surface area contributed by atoms with Crippen molar-refractivity contribution in [2.24, 2.45) is 0 Å². The number of hydrogen-bond acceptors (Lipinski definition) is 3. The normalized spacial score (nSPS) is 14.6. The molecule has 1 aliphatic rings. The Kier molecular flexibility index (Phi) is 5.52. The summed E-state index contributed by atoms with van der Waals surface area (Å²) in [7, 11) is 0. The average molecular weight is 303 g/mol. The van der Waals surface area contributed by atoms with Crippen LogP contribution in [0.15, 0.2) is 24.3 Å². The molecule has 0 bridgehead atoms. The SMILES string of the molecule is CCCNC(=O)c1cccc(C(=O)N2CCN(C=O)CC2)c1. The number of benzene rings is 1. The van der Waals surface area contributed by atoms with Crippen LogP contribution in [0, 0.1) is 0 Å². The van der Waals surface area contributed by atoms with Crippen molar-refractivity contribution >= 4 is 18.2 Å². The summed E-state index contributed by atoms with van der Waals surface area (Å²) in [5, 5.41) is 2.80. The number of rotatable bonds is 5. The third kappa shape index (κ3) is 3.84. The second-order valence-electron chi connectivity index (χ2n) is 5.27. The molecule has 1 saturated heterocycles. The first-order chi connectivity index (χ1) is 10.7. The van der Waals surface area contributed by atoms with E-state index in [2.05, 4.69) is 5.32 Å². The zero-order valence-electron chi connectivity index (χ0n) is 12.7. The first-order valence-electron chi connectivity index (χ1n) is 7.52. The molecule has 0 aromatic heterocycles. The molecule has 1 N–H and O–H groups in total. The molecule has 1 aromatic rings. The van der Waals surface area contributed by atoms with E-state index < -0.39 is 0 Å². The van der Waals surface area contributed by atoms with Gasteiger partial charge >= 0.3 is 0 Å². The van der Waals surface area contributed by atoms with Crippen molar-refractivity contribution in [3.63, 3.8) is 0 Å². The predicted octanol–water partition coefficient (Wildman–Crippen LogP) is 0.741. The van der Waals surface area contributed by atoms with Gasteiger partial charge in [0.1, 0.15) is 0 Å². The quantitative estimate of drug-likeness (QED) is 0.816. The Bertz CT molecular complexity index is 551. The zero-order chi connectivity index (χ0) is 15.9. The van der Waals surface area contributed by atoms with E-state index in [1.54, 1.807) is 34.1 Å². The molecule has 1 aromatic carbocycles. The van der Waals surface area contributed by atoms with E-state index in [-0.39, 0.29) is 11.8 Å². The smallest absolute Gasteiger partial charge is 0.253 e. The molecule has 22 heavy (non-hydrogen) atoms. The molecule has 1 fully saturated rings. The third-order valence-corrected chi connectivity index (χ3v) is 3.66. The lowest BCUT2D eigenvalue weighted by molar-refractivity contribution is -0.119. The molecule has 0 radical (unpaired) electrons. The fourth-order valence-corrected chi connectivity index (χ4v) is 2.35. The van der Waals surface area contributed by atoms with Gasteiger partial charge in [-0.05, 0) is 24.6 Å². The summed E-state index contributed by atoms with van der Waals surface area (Å²) in [6.45, 7) is 4.73. The van der Waals surface area contributed by atoms with Gasteiger partial charge in [-0.1, -0.05) is 13.0 Å². The van der Waals surface area contributed by atoms with Gasteiger partial charge in [-0.25, -0.2) is 0 Å². The van der Waals surface area contributed by atoms with Gasteiger partial charge in [0.25, 0.3) is 11.8 Å². The van der Waals surface area contributed by atoms with Gasteiger partial charge in [0.05, 0.1) is 0 Å². The molecule has 0 saturated carbocycles. The first-order valence-corrected chi connectivity index (χ1v) is 7.52. The van der Waals surface area contributed by atoms with Crippen LogP contribution in [0.25, 0.3) is 0 Å². The molecule has 0 atom stereocenters. The summed E-state index contributed by atoms with van der Waals surface area (Å²) in [5.74, 6) is -0.266. The third-order valence-electron chi connectivity index (χ3n) is 3.66. The molecule has 1 heterocycles. The number of amides is 3. The van der Waals surface area contributed by atoms with Crippen LogP contribution in [0.4, 0.5) is 0 Å². The molecular weight excluding hydrogens is 282 g/mol. The highest BCUT2D eigenvalue weighted by Crippen LogP contribution is 2.11. The lowest BCUT2D eigenvalue weighted by Gasteiger charge is -2.32. The Morgan fingerprint density at radius 1 is 1.18 bits per heavy atom. The van der Waals surface area contributed by atoms with E-state index in [9.17, 15) is 14.4 Å². The number of carbonyl (C=O) groups excluding carboxylic acids is 3. The van der Waals surface area contributed by atoms with Crippen LogP contribution < -0.4 is 5.32 Å². The predicted molar refractivity (Wildman–Crippen MR) is 82.6 cm³/mol. The van der Waals surface area contributed by atoms with Crippen molar-refractivity contribution < 1.29 is 14.4 Å². The first kappa shape index (κ1) is 16.0. The maximum absolute atomic E-state index is 12.5. The Morgan fingerprint density at radius 2 is 1.86 bits per heavy atom. The maximum atomic E-state index is 12.5. The summed E-state index contributed by atoms with van der Waals surface area (Å²) < 4.78 is 0. The highest BCUT2D eigenvalue weighted by Gasteiger charge is 2.21. The average Bonchev–Trinajstić information content (AvgIpc) is 2.59. The van der Waals surface area contributed by atoms with Crippen LogP contribution in [0.5, 0.6) is 0 Å². The van der Waals surface area contributed by atoms with Crippen LogP contribution in [-0.2, 0) is 4.79 Å². The molecular formula is C16H21N3O3. The van der Waals surface area contributed by atoms with Crippen LogP contribution in [0.1, 0.15) is 34.1 Å². The zero-order valence-corrected chi connectivity index (χ0v) is 12.7. The summed E-state index contributed by atoms with van der Waals surface area (Å²) in [6, 6.07) is 6.76. The van der Waals surface area contributed by atoms with Gasteiger partial charge in [0.15, 0.2) is 0 Å². The van der Waals surface area contributed by atoms with E-state index in [0.717, 1.165) is 12.8 Å². The lowest BCUT2D eigenvalue weighted by Crippen LogP contribution is -2.48. The van der Waals surface area contributed by atoms with Gasteiger partial charge in [-0.2, -0.15) is 0 Å². The van der Waals surface area contributed by atoms with Crippen molar-refractivity contribution in [1.82, 2.24) is 15.1 Å². The standard InChI is InChI=1S/C16H21N3O3/c1-2-6-17-15(21)13-4-3-5-14(11-13)16(22)19-9-7-18(12-20)8-10-19/h3-5,11-12H,2,6-10H2,1H3,(H,17,21). The number of piperazine rings is 1. The number of nitrogens with zero attached hydrogens (tertiary/aromatic N) is 2. The van der Waals surface area contributed by atoms with E-state index >= 15 is 0 Å². The topological polar surface area (TPSA) is 69.7 Å². The van der Waals surface area contributed by atoms with Crippen molar-refractivity contribution in [2.45, 2.75) is 13.3 Å². The number of hydrogen-bond donors (Lipinski definition) is 1. The summed E-state index contributed by atoms with van der Waals surface area (Å²) >= 11 is 0. The van der Waals surface area contributed by atoms with E-state index in [1.807, 2.05) is 6.92 Å². The molecule has 6 nitrogen and oxygen atoms in total. The summed E-state index contributed by atoms with van der Waals surface area (Å²) in [4.78, 5) is 38.5. The minimum absolute atomic E-state index is 0.101. The van der Waals surface area contributed by atoms with E-state index in [0.29, 0.717) is 43.9 Å². The molecule has 6 heteroatoms. The van der Waals surface area contributed by atoms with Gasteiger partial charge < -0.3 is 15.1 Å². The largest absolute Gasteiger partial charge is 0.352 e. The maximum Gasteiger partial charge on any atom is 0.253 e. The Hall–Kier alpha value is -2.37. The van der Waals surface area contributed by atoms with Crippen molar-refractivity contribution in [1.29, 1.82) is 0 Å². The highest BCUT2D eigenvalue weighted by atomic mass is 16.2. The van der Waals surface area contributed by atoms with E-state index in [1.165, 1.54) is 0 Å². The van der Waals surface area contributed by atoms with Crippen LogP contribution in [-0.4, -0.2) is 60.7 Å². The Balaban J connectivity index is 2.04. The highest BCUT2D eigenvalue weighted by molar-refractivity contribution is 5.99. The number of nitrogens with one attached hydrogen (secondary N) is 1. The summed E-state index contributed by atoms with van der Waals surface area (Å²) in [6.07, 6.45) is 1.67. The van der Waals surface area contributed by atoms with Crippen molar-refractivity contribution in [3.05, 3.63) is 35.4 Å². The molecule has 118 valence electrons. The minimum atomic E-state index is -0.165. The van der Waals surface area contributed by atoms with Crippen molar-refractivity contribution in [3.8, 4) is 0 Å². The summed E-state index contributed by atoms with van der Waals surface area (Å²) in [5.41, 5.74) is 0.995. The van der Waals surface area contributed by atoms with Crippen LogP contribution in [0.2, 0.25) is 0 Å². The minimum Gasteiger partial charge on any atom is -0.352 e. The molecule has 3 amide bonds. The monoisotopic (exact) mass is 303 g/mol. The Morgan fingerprint density at radius 3 is 2.50 bits per heavy atom. The fourth-order valence-electron chi connectivity index (χ4n) is 2.35. The number of carbonyl (C=O) groups is 3. The van der Waals surface area contributed by atoms with E-state index in [4.69, 9.17) is 0 Å². The molecule has 0 aliphatic carbocycles. The Labute approximate surface area is 130 Å². The molecule has 0 spiro atoms. The van der Waals surface area contributed by atoms with Gasteiger partial charge in [0, 0.05) is 43.9 Å². The molecule has 0 unspecified atom stereocenters. The van der Waals surface area contributed by atoms with Gasteiger partial charge in [0.2, 0.25) is 6.41 Å². The van der Waals surface area contributed by atoms with Crippen LogP contribution >= 0.6 is 0 Å². The van der Waals surface area contributed by atoms with Gasteiger partial charge in [-0.3, -0.25) is 14.4 Å². The van der Waals surface area contributed by atoms with Crippen LogP contribution in [0.3, 0.4) is 0 Å². The second-order valence-corrected chi connectivity index (χ2v) is 5.27. The fraction of sp³-hybridized carbons (Fsp3) is 0.438. The molecule has 1 aliphatic heterocycles.